The summed E-state index contributed by atoms with van der Waals surface area (Å²) in [5.74, 6) is -11.5. The van der Waals surface area contributed by atoms with Gasteiger partial charge in [-0.25, -0.2) is 22.0 Å². The van der Waals surface area contributed by atoms with Crippen LogP contribution in [0.3, 0.4) is 0 Å². The lowest BCUT2D eigenvalue weighted by Gasteiger charge is -2.07. The van der Waals surface area contributed by atoms with Gasteiger partial charge in [-0.1, -0.05) is 11.3 Å². The second-order valence-electron chi connectivity index (χ2n) is 3.90. The molecule has 2 aromatic rings. The van der Waals surface area contributed by atoms with Gasteiger partial charge in [-0.05, 0) is 6.92 Å². The van der Waals surface area contributed by atoms with E-state index in [1.165, 1.54) is 0 Å². The highest BCUT2D eigenvalue weighted by Crippen LogP contribution is 2.24. The monoisotopic (exact) mass is 323 g/mol. The summed E-state index contributed by atoms with van der Waals surface area (Å²) < 4.78 is 65.5. The molecule has 0 saturated carbocycles. The van der Waals surface area contributed by atoms with E-state index in [1.54, 1.807) is 6.92 Å². The van der Waals surface area contributed by atoms with Crippen LogP contribution >= 0.6 is 11.3 Å². The molecule has 0 aliphatic rings. The van der Waals surface area contributed by atoms with Crippen molar-refractivity contribution in [1.29, 1.82) is 0 Å². The molecular formula is C11H6F5N3OS. The third-order valence-corrected chi connectivity index (χ3v) is 3.16. The highest BCUT2D eigenvalue weighted by Gasteiger charge is 2.27. The van der Waals surface area contributed by atoms with Gasteiger partial charge in [0.15, 0.2) is 23.3 Å². The number of anilines is 1. The molecular weight excluding hydrogens is 317 g/mol. The molecule has 0 aliphatic heterocycles. The third-order valence-electron chi connectivity index (χ3n) is 2.41. The quantitative estimate of drug-likeness (QED) is 0.537. The van der Waals surface area contributed by atoms with E-state index >= 15 is 0 Å². The third kappa shape index (κ3) is 2.99. The molecule has 4 nitrogen and oxygen atoms in total. The zero-order valence-electron chi connectivity index (χ0n) is 10.3. The largest absolute Gasteiger partial charge is 0.300 e. The van der Waals surface area contributed by atoms with E-state index in [4.69, 9.17) is 0 Å². The maximum atomic E-state index is 13.4. The second kappa shape index (κ2) is 5.72. The molecule has 21 heavy (non-hydrogen) atoms. The molecule has 0 saturated heterocycles. The maximum absolute atomic E-state index is 13.4. The predicted molar refractivity (Wildman–Crippen MR) is 63.2 cm³/mol. The average Bonchev–Trinajstić information content (AvgIpc) is 2.84. The van der Waals surface area contributed by atoms with E-state index in [0.29, 0.717) is 5.01 Å². The summed E-state index contributed by atoms with van der Waals surface area (Å²) in [6, 6.07) is 0. The minimum Gasteiger partial charge on any atom is -0.300 e. The van der Waals surface area contributed by atoms with Crippen LogP contribution in [0.2, 0.25) is 0 Å². The van der Waals surface area contributed by atoms with E-state index in [0.717, 1.165) is 11.3 Å². The number of aromatic nitrogens is 2. The summed E-state index contributed by atoms with van der Waals surface area (Å²) in [6.07, 6.45) is -1.02. The highest BCUT2D eigenvalue weighted by atomic mass is 32.1. The molecule has 0 bridgehead atoms. The molecule has 0 spiro atoms. The minimum absolute atomic E-state index is 0.0568. The van der Waals surface area contributed by atoms with Gasteiger partial charge < -0.3 is 5.32 Å². The van der Waals surface area contributed by atoms with Gasteiger partial charge in [0.25, 0.3) is 0 Å². The molecule has 1 heterocycles. The van der Waals surface area contributed by atoms with Gasteiger partial charge in [0.2, 0.25) is 16.9 Å². The van der Waals surface area contributed by atoms with E-state index in [9.17, 15) is 26.7 Å². The fourth-order valence-corrected chi connectivity index (χ4v) is 2.08. The topological polar surface area (TPSA) is 54.9 Å². The molecule has 1 N–H and O–H groups in total. The van der Waals surface area contributed by atoms with Crippen molar-refractivity contribution in [2.45, 2.75) is 13.3 Å². The van der Waals surface area contributed by atoms with Gasteiger partial charge >= 0.3 is 0 Å². The van der Waals surface area contributed by atoms with Crippen molar-refractivity contribution in [3.63, 3.8) is 0 Å². The van der Waals surface area contributed by atoms with Crippen molar-refractivity contribution in [3.05, 3.63) is 39.7 Å². The molecule has 0 aliphatic carbocycles. The fourth-order valence-electron chi connectivity index (χ4n) is 1.48. The van der Waals surface area contributed by atoms with Gasteiger partial charge in [-0.2, -0.15) is 0 Å². The van der Waals surface area contributed by atoms with Crippen LogP contribution in [-0.4, -0.2) is 16.1 Å². The zero-order valence-corrected chi connectivity index (χ0v) is 11.1. The number of halogens is 5. The lowest BCUT2D eigenvalue weighted by molar-refractivity contribution is -0.115. The number of benzene rings is 1. The Morgan fingerprint density at radius 3 is 2.00 bits per heavy atom. The van der Waals surface area contributed by atoms with Crippen molar-refractivity contribution < 1.29 is 26.7 Å². The number of hydrogen-bond acceptors (Lipinski definition) is 4. The molecule has 0 fully saturated rings. The number of nitrogens with zero attached hydrogens (tertiary/aromatic N) is 2. The van der Waals surface area contributed by atoms with E-state index in [2.05, 4.69) is 15.5 Å². The van der Waals surface area contributed by atoms with Crippen LogP contribution in [0.5, 0.6) is 0 Å². The van der Waals surface area contributed by atoms with Crippen molar-refractivity contribution in [3.8, 4) is 0 Å². The number of aryl methyl sites for hydroxylation is 1. The Bertz CT molecular complexity index is 689. The molecule has 1 aromatic heterocycles. The first-order valence-electron chi connectivity index (χ1n) is 5.41. The maximum Gasteiger partial charge on any atom is 0.230 e. The number of carbonyl (C=O) groups excluding carboxylic acids is 1. The van der Waals surface area contributed by atoms with Crippen LogP contribution in [0, 0.1) is 36.0 Å². The van der Waals surface area contributed by atoms with Crippen molar-refractivity contribution >= 4 is 22.4 Å². The molecule has 10 heteroatoms. The standard InChI is InChI=1S/C11H6F5N3OS/c1-3-18-19-11(21-3)17-5(20)2-4-6(12)8(14)10(16)9(15)7(4)13/h2H2,1H3,(H,17,19,20). The number of nitrogens with one attached hydrogen (secondary N) is 1. The molecule has 2 rings (SSSR count). The first-order chi connectivity index (χ1) is 9.81. The summed E-state index contributed by atoms with van der Waals surface area (Å²) >= 11 is 0.994. The van der Waals surface area contributed by atoms with Crippen LogP contribution in [-0.2, 0) is 11.2 Å². The average molecular weight is 323 g/mol. The Hall–Kier alpha value is -2.10. The Morgan fingerprint density at radius 1 is 1.00 bits per heavy atom. The Morgan fingerprint density at radius 2 is 1.52 bits per heavy atom. The van der Waals surface area contributed by atoms with Gasteiger partial charge in [0.1, 0.15) is 5.01 Å². The molecule has 112 valence electrons. The Balaban J connectivity index is 2.25. The summed E-state index contributed by atoms with van der Waals surface area (Å²) in [4.78, 5) is 11.6. The van der Waals surface area contributed by atoms with Gasteiger partial charge in [-0.3, -0.25) is 4.79 Å². The lowest BCUT2D eigenvalue weighted by Crippen LogP contribution is -2.18. The Labute approximate surface area is 118 Å². The van der Waals surface area contributed by atoms with Crippen LogP contribution in [0.1, 0.15) is 10.6 Å². The zero-order chi connectivity index (χ0) is 15.7. The lowest BCUT2D eigenvalue weighted by atomic mass is 10.1. The SMILES string of the molecule is Cc1nnc(NC(=O)Cc2c(F)c(F)c(F)c(F)c2F)s1. The normalized spacial score (nSPS) is 10.8. The summed E-state index contributed by atoms with van der Waals surface area (Å²) in [5.41, 5.74) is -1.20. The van der Waals surface area contributed by atoms with Crippen molar-refractivity contribution in [2.75, 3.05) is 5.32 Å². The van der Waals surface area contributed by atoms with Crippen LogP contribution in [0.15, 0.2) is 0 Å². The van der Waals surface area contributed by atoms with Gasteiger partial charge in [0.05, 0.1) is 6.42 Å². The fraction of sp³-hybridized carbons (Fsp3) is 0.182. The van der Waals surface area contributed by atoms with Crippen molar-refractivity contribution in [1.82, 2.24) is 10.2 Å². The highest BCUT2D eigenvalue weighted by molar-refractivity contribution is 7.15. The van der Waals surface area contributed by atoms with Crippen LogP contribution in [0.25, 0.3) is 0 Å². The predicted octanol–water partition coefficient (Wildman–Crippen LogP) is 2.72. The molecule has 0 unspecified atom stereocenters. The number of rotatable bonds is 3. The van der Waals surface area contributed by atoms with Gasteiger partial charge in [0, 0.05) is 5.56 Å². The molecule has 0 radical (unpaired) electrons. The summed E-state index contributed by atoms with van der Waals surface area (Å²) in [5, 5.41) is 9.86. The minimum atomic E-state index is -2.27. The summed E-state index contributed by atoms with van der Waals surface area (Å²) in [6.45, 7) is 1.61. The Kier molecular flexibility index (Phi) is 4.16. The molecule has 0 atom stereocenters. The number of amides is 1. The number of hydrogen-bond donors (Lipinski definition) is 1. The van der Waals surface area contributed by atoms with Crippen LogP contribution < -0.4 is 5.32 Å². The first kappa shape index (κ1) is 15.3. The van der Waals surface area contributed by atoms with E-state index < -0.39 is 47.0 Å². The number of carbonyl (C=O) groups is 1. The molecule has 1 aromatic carbocycles. The first-order valence-corrected chi connectivity index (χ1v) is 6.23. The second-order valence-corrected chi connectivity index (χ2v) is 5.08. The smallest absolute Gasteiger partial charge is 0.230 e. The van der Waals surface area contributed by atoms with Crippen molar-refractivity contribution in [2.24, 2.45) is 0 Å². The van der Waals surface area contributed by atoms with Gasteiger partial charge in [-0.15, -0.1) is 10.2 Å². The molecule has 1 amide bonds. The van der Waals surface area contributed by atoms with E-state index in [1.807, 2.05) is 0 Å². The van der Waals surface area contributed by atoms with E-state index in [-0.39, 0.29) is 5.13 Å². The summed E-state index contributed by atoms with van der Waals surface area (Å²) in [7, 11) is 0. The van der Waals surface area contributed by atoms with Crippen LogP contribution in [0.4, 0.5) is 27.1 Å².